The molecular weight excluding hydrogens is 498 g/mol. The maximum atomic E-state index is 13.3. The van der Waals surface area contributed by atoms with Crippen LogP contribution < -0.4 is 0 Å². The molecular formula is C27H30F6N2O2. The third kappa shape index (κ3) is 6.84. The number of nitrogens with zero attached hydrogens (tertiary/aromatic N) is 2. The molecule has 37 heavy (non-hydrogen) atoms. The average Bonchev–Trinajstić information content (AvgIpc) is 3.23. The quantitative estimate of drug-likeness (QED) is 0.296. The third-order valence-corrected chi connectivity index (χ3v) is 6.46. The molecule has 1 fully saturated rings. The second-order valence-corrected chi connectivity index (χ2v) is 9.99. The first-order valence-corrected chi connectivity index (χ1v) is 12.0. The molecule has 0 aliphatic heterocycles. The predicted molar refractivity (Wildman–Crippen MR) is 131 cm³/mol. The Balaban J connectivity index is 1.79. The fourth-order valence-electron chi connectivity index (χ4n) is 4.34. The normalized spacial score (nSPS) is 19.2. The molecule has 2 aromatic carbocycles. The molecule has 2 atom stereocenters. The van der Waals surface area contributed by atoms with Crippen molar-refractivity contribution < 1.29 is 36.6 Å². The summed E-state index contributed by atoms with van der Waals surface area (Å²) in [5.41, 5.74) is -1.45. The van der Waals surface area contributed by atoms with E-state index in [0.29, 0.717) is 19.3 Å². The lowest BCUT2D eigenvalue weighted by Crippen LogP contribution is -2.09. The predicted octanol–water partition coefficient (Wildman–Crippen LogP) is 7.84. The van der Waals surface area contributed by atoms with Gasteiger partial charge in [-0.15, -0.1) is 0 Å². The number of aromatic hydroxyl groups is 2. The van der Waals surface area contributed by atoms with Gasteiger partial charge >= 0.3 is 12.4 Å². The summed E-state index contributed by atoms with van der Waals surface area (Å²) < 4.78 is 80.0. The lowest BCUT2D eigenvalue weighted by Gasteiger charge is -2.15. The SMILES string of the molecule is CC(C)c1cc(C(F)(F)F)cc(C=NC2CCC(N=Cc3cc(C(F)(F)F)cc(C(C)C)c3O)C2)c1O. The van der Waals surface area contributed by atoms with Gasteiger partial charge in [0.05, 0.1) is 23.2 Å². The summed E-state index contributed by atoms with van der Waals surface area (Å²) in [6, 6.07) is 3.03. The zero-order valence-corrected chi connectivity index (χ0v) is 21.0. The van der Waals surface area contributed by atoms with E-state index in [1.807, 2.05) is 0 Å². The number of aliphatic imine (C=N–C) groups is 2. The Labute approximate surface area is 211 Å². The molecule has 0 saturated heterocycles. The van der Waals surface area contributed by atoms with Crippen LogP contribution in [0.5, 0.6) is 11.5 Å². The Morgan fingerprint density at radius 1 is 0.703 bits per heavy atom. The van der Waals surface area contributed by atoms with Crippen LogP contribution in [-0.2, 0) is 12.4 Å². The molecule has 0 amide bonds. The van der Waals surface area contributed by atoms with Crippen LogP contribution in [-0.4, -0.2) is 34.7 Å². The largest absolute Gasteiger partial charge is 0.507 e. The number of phenolic OH excluding ortho intramolecular Hbond substituents is 2. The van der Waals surface area contributed by atoms with E-state index < -0.39 is 23.5 Å². The van der Waals surface area contributed by atoms with E-state index in [1.54, 1.807) is 27.7 Å². The highest BCUT2D eigenvalue weighted by atomic mass is 19.4. The van der Waals surface area contributed by atoms with E-state index in [9.17, 15) is 36.6 Å². The van der Waals surface area contributed by atoms with Crippen molar-refractivity contribution in [3.63, 3.8) is 0 Å². The minimum atomic E-state index is -4.57. The topological polar surface area (TPSA) is 65.2 Å². The Hall–Kier alpha value is -3.04. The van der Waals surface area contributed by atoms with Gasteiger partial charge in [0.25, 0.3) is 0 Å². The lowest BCUT2D eigenvalue weighted by atomic mass is 9.96. The number of alkyl halides is 6. The van der Waals surface area contributed by atoms with Crippen LogP contribution in [0.4, 0.5) is 26.3 Å². The number of phenols is 2. The standard InChI is InChI=1S/C27H30F6N2O2/c1-14(2)22-9-18(26(28,29)30)7-16(24(22)36)12-34-20-5-6-21(11-20)35-13-17-8-19(27(31,32)33)10-23(15(3)4)25(17)37/h7-10,12-15,20-21,36-37H,5-6,11H2,1-4H3. The number of benzene rings is 2. The van der Waals surface area contributed by atoms with Crippen LogP contribution in [0.2, 0.25) is 0 Å². The Bertz CT molecular complexity index is 1090. The first-order chi connectivity index (χ1) is 17.1. The van der Waals surface area contributed by atoms with Crippen molar-refractivity contribution in [1.82, 2.24) is 0 Å². The summed E-state index contributed by atoms with van der Waals surface area (Å²) in [5, 5.41) is 20.9. The molecule has 4 nitrogen and oxygen atoms in total. The van der Waals surface area contributed by atoms with Gasteiger partial charge in [0.1, 0.15) is 11.5 Å². The summed E-state index contributed by atoms with van der Waals surface area (Å²) in [4.78, 5) is 8.72. The Morgan fingerprint density at radius 2 is 1.05 bits per heavy atom. The van der Waals surface area contributed by atoms with Crippen molar-refractivity contribution >= 4 is 12.4 Å². The number of halogens is 6. The Morgan fingerprint density at radius 3 is 1.35 bits per heavy atom. The van der Waals surface area contributed by atoms with Gasteiger partial charge in [-0.25, -0.2) is 0 Å². The smallest absolute Gasteiger partial charge is 0.416 e. The molecule has 1 saturated carbocycles. The van der Waals surface area contributed by atoms with E-state index in [0.717, 1.165) is 24.3 Å². The zero-order valence-electron chi connectivity index (χ0n) is 21.0. The van der Waals surface area contributed by atoms with E-state index in [4.69, 9.17) is 0 Å². The summed E-state index contributed by atoms with van der Waals surface area (Å²) in [7, 11) is 0. The van der Waals surface area contributed by atoms with Crippen molar-refractivity contribution in [3.8, 4) is 11.5 Å². The van der Waals surface area contributed by atoms with E-state index in [2.05, 4.69) is 9.98 Å². The van der Waals surface area contributed by atoms with E-state index >= 15 is 0 Å². The highest BCUT2D eigenvalue weighted by Gasteiger charge is 2.34. The van der Waals surface area contributed by atoms with Crippen molar-refractivity contribution in [2.75, 3.05) is 0 Å². The second kappa shape index (κ2) is 10.8. The van der Waals surface area contributed by atoms with Crippen LogP contribution in [0.15, 0.2) is 34.3 Å². The zero-order chi connectivity index (χ0) is 27.7. The minimum absolute atomic E-state index is 0.0272. The molecule has 1 aliphatic rings. The van der Waals surface area contributed by atoms with Gasteiger partial charge in [-0.3, -0.25) is 9.98 Å². The molecule has 0 heterocycles. The van der Waals surface area contributed by atoms with Crippen molar-refractivity contribution in [2.24, 2.45) is 9.98 Å². The van der Waals surface area contributed by atoms with Gasteiger partial charge in [-0.05, 0) is 66.5 Å². The van der Waals surface area contributed by atoms with Gasteiger partial charge in [0.2, 0.25) is 0 Å². The van der Waals surface area contributed by atoms with Gasteiger partial charge < -0.3 is 10.2 Å². The average molecular weight is 529 g/mol. The van der Waals surface area contributed by atoms with Crippen molar-refractivity contribution in [3.05, 3.63) is 57.6 Å². The van der Waals surface area contributed by atoms with Gasteiger partial charge in [-0.1, -0.05) is 27.7 Å². The molecule has 0 radical (unpaired) electrons. The van der Waals surface area contributed by atoms with E-state index in [-0.39, 0.29) is 57.7 Å². The molecule has 3 rings (SSSR count). The van der Waals surface area contributed by atoms with Gasteiger partial charge in [-0.2, -0.15) is 26.3 Å². The van der Waals surface area contributed by atoms with Crippen LogP contribution in [0.3, 0.4) is 0 Å². The first kappa shape index (κ1) is 28.5. The number of hydrogen-bond donors (Lipinski definition) is 2. The Kier molecular flexibility index (Phi) is 8.29. The maximum Gasteiger partial charge on any atom is 0.416 e. The summed E-state index contributed by atoms with van der Waals surface area (Å²) in [6.07, 6.45) is -5.10. The molecule has 1 aliphatic carbocycles. The van der Waals surface area contributed by atoms with Crippen molar-refractivity contribution in [2.45, 2.75) is 83.2 Å². The van der Waals surface area contributed by atoms with E-state index in [1.165, 1.54) is 12.4 Å². The number of hydrogen-bond acceptors (Lipinski definition) is 4. The molecule has 202 valence electrons. The highest BCUT2D eigenvalue weighted by Crippen LogP contribution is 2.38. The summed E-state index contributed by atoms with van der Waals surface area (Å²) >= 11 is 0. The molecule has 2 aromatic rings. The fraction of sp³-hybridized carbons (Fsp3) is 0.481. The van der Waals surface area contributed by atoms with Crippen LogP contribution >= 0.6 is 0 Å². The third-order valence-electron chi connectivity index (χ3n) is 6.46. The molecule has 10 heteroatoms. The highest BCUT2D eigenvalue weighted by molar-refractivity contribution is 5.85. The van der Waals surface area contributed by atoms with Crippen LogP contribution in [0, 0.1) is 0 Å². The van der Waals surface area contributed by atoms with Gasteiger partial charge in [0, 0.05) is 23.6 Å². The summed E-state index contributed by atoms with van der Waals surface area (Å²) in [5.74, 6) is -1.16. The molecule has 2 N–H and O–H groups in total. The molecule has 0 aromatic heterocycles. The fourth-order valence-corrected chi connectivity index (χ4v) is 4.34. The molecule has 0 bridgehead atoms. The minimum Gasteiger partial charge on any atom is -0.507 e. The number of rotatable bonds is 6. The molecule has 0 spiro atoms. The van der Waals surface area contributed by atoms with Crippen molar-refractivity contribution in [1.29, 1.82) is 0 Å². The second-order valence-electron chi connectivity index (χ2n) is 9.99. The maximum absolute atomic E-state index is 13.3. The monoisotopic (exact) mass is 528 g/mol. The summed E-state index contributed by atoms with van der Waals surface area (Å²) in [6.45, 7) is 6.73. The van der Waals surface area contributed by atoms with Crippen LogP contribution in [0.25, 0.3) is 0 Å². The first-order valence-electron chi connectivity index (χ1n) is 12.0. The van der Waals surface area contributed by atoms with Gasteiger partial charge in [0.15, 0.2) is 0 Å². The lowest BCUT2D eigenvalue weighted by molar-refractivity contribution is -0.138. The molecule has 2 unspecified atom stereocenters. The van der Waals surface area contributed by atoms with Crippen LogP contribution in [0.1, 0.15) is 92.2 Å².